The third-order valence-corrected chi connectivity index (χ3v) is 1.92. The summed E-state index contributed by atoms with van der Waals surface area (Å²) in [6.07, 6.45) is 1.45. The molecule has 0 aliphatic carbocycles. The summed E-state index contributed by atoms with van der Waals surface area (Å²) < 4.78 is 13.0. The number of hydrogen-bond donors (Lipinski definition) is 0. The van der Waals surface area contributed by atoms with Crippen molar-refractivity contribution < 1.29 is 9.18 Å². The van der Waals surface area contributed by atoms with Crippen LogP contribution >= 0.6 is 0 Å². The van der Waals surface area contributed by atoms with Crippen molar-refractivity contribution in [1.82, 2.24) is 0 Å². The van der Waals surface area contributed by atoms with Crippen LogP contribution < -0.4 is 0 Å². The summed E-state index contributed by atoms with van der Waals surface area (Å²) in [7, 11) is 0. The lowest BCUT2D eigenvalue weighted by molar-refractivity contribution is 0.559. The van der Waals surface area contributed by atoms with Crippen molar-refractivity contribution in [2.24, 2.45) is 4.99 Å². The summed E-state index contributed by atoms with van der Waals surface area (Å²) in [4.78, 5) is 13.4. The van der Waals surface area contributed by atoms with Crippen LogP contribution in [-0.4, -0.2) is 6.08 Å². The van der Waals surface area contributed by atoms with Gasteiger partial charge in [0.25, 0.3) is 0 Å². The second kappa shape index (κ2) is 3.97. The Morgan fingerprint density at radius 1 is 1.54 bits per heavy atom. The highest BCUT2D eigenvalue weighted by atomic mass is 19.1. The van der Waals surface area contributed by atoms with E-state index in [1.165, 1.54) is 12.1 Å². The van der Waals surface area contributed by atoms with Crippen LogP contribution in [0.15, 0.2) is 23.2 Å². The van der Waals surface area contributed by atoms with Crippen LogP contribution in [0.1, 0.15) is 24.1 Å². The maximum Gasteiger partial charge on any atom is 0.235 e. The van der Waals surface area contributed by atoms with Gasteiger partial charge in [0.15, 0.2) is 0 Å². The fourth-order valence-electron chi connectivity index (χ4n) is 1.02. The van der Waals surface area contributed by atoms with E-state index in [1.54, 1.807) is 26.0 Å². The van der Waals surface area contributed by atoms with Crippen molar-refractivity contribution in [3.63, 3.8) is 0 Å². The number of benzene rings is 1. The van der Waals surface area contributed by atoms with E-state index < -0.39 is 0 Å². The molecule has 3 heteroatoms. The second-order valence-electron chi connectivity index (χ2n) is 2.90. The van der Waals surface area contributed by atoms with Crippen molar-refractivity contribution in [2.45, 2.75) is 19.9 Å². The minimum atomic E-state index is -0.326. The molecule has 0 fully saturated rings. The molecule has 0 bridgehead atoms. The topological polar surface area (TPSA) is 29.4 Å². The Morgan fingerprint density at radius 2 is 2.23 bits per heavy atom. The maximum absolute atomic E-state index is 13.0. The first-order valence-electron chi connectivity index (χ1n) is 3.98. The van der Waals surface area contributed by atoms with Gasteiger partial charge < -0.3 is 0 Å². The van der Waals surface area contributed by atoms with Gasteiger partial charge in [0, 0.05) is 0 Å². The zero-order valence-corrected chi connectivity index (χ0v) is 7.54. The van der Waals surface area contributed by atoms with E-state index in [2.05, 4.69) is 4.99 Å². The molecule has 13 heavy (non-hydrogen) atoms. The average Bonchev–Trinajstić information content (AvgIpc) is 2.10. The van der Waals surface area contributed by atoms with Gasteiger partial charge in [-0.1, -0.05) is 12.1 Å². The number of rotatable bonds is 2. The molecule has 1 aromatic carbocycles. The monoisotopic (exact) mass is 179 g/mol. The average molecular weight is 179 g/mol. The molecule has 0 aliphatic rings. The lowest BCUT2D eigenvalue weighted by Crippen LogP contribution is -1.91. The third-order valence-electron chi connectivity index (χ3n) is 1.92. The Kier molecular flexibility index (Phi) is 2.93. The molecule has 0 spiro atoms. The quantitative estimate of drug-likeness (QED) is 0.506. The van der Waals surface area contributed by atoms with Gasteiger partial charge in [0.05, 0.1) is 6.04 Å². The van der Waals surface area contributed by atoms with Gasteiger partial charge >= 0.3 is 0 Å². The summed E-state index contributed by atoms with van der Waals surface area (Å²) in [6, 6.07) is 4.49. The van der Waals surface area contributed by atoms with E-state index in [0.29, 0.717) is 11.1 Å². The zero-order chi connectivity index (χ0) is 9.84. The molecule has 1 atom stereocenters. The molecule has 0 saturated carbocycles. The lowest BCUT2D eigenvalue weighted by Gasteiger charge is -2.05. The molecule has 1 rings (SSSR count). The third kappa shape index (κ3) is 2.23. The summed E-state index contributed by atoms with van der Waals surface area (Å²) in [5.41, 5.74) is 1.28. The number of halogens is 1. The van der Waals surface area contributed by atoms with E-state index in [-0.39, 0.29) is 11.9 Å². The van der Waals surface area contributed by atoms with Gasteiger partial charge in [-0.15, -0.1) is 0 Å². The zero-order valence-electron chi connectivity index (χ0n) is 7.54. The van der Waals surface area contributed by atoms with Crippen molar-refractivity contribution in [3.05, 3.63) is 35.1 Å². The Bertz CT molecular complexity index is 356. The fourth-order valence-corrected chi connectivity index (χ4v) is 1.02. The highest BCUT2D eigenvalue weighted by molar-refractivity contribution is 5.35. The van der Waals surface area contributed by atoms with Crippen LogP contribution in [0.4, 0.5) is 4.39 Å². The largest absolute Gasteiger partial charge is 0.235 e. The summed E-state index contributed by atoms with van der Waals surface area (Å²) in [5, 5.41) is 0. The molecular weight excluding hydrogens is 169 g/mol. The van der Waals surface area contributed by atoms with Crippen molar-refractivity contribution in [3.8, 4) is 0 Å². The minimum absolute atomic E-state index is 0.273. The van der Waals surface area contributed by atoms with E-state index in [0.717, 1.165) is 0 Å². The molecule has 0 heterocycles. The Balaban J connectivity index is 3.03. The smallest absolute Gasteiger partial charge is 0.211 e. The standard InChI is InChI=1S/C10H10FNO/c1-7-3-4-9(5-10(7)11)8(2)12-6-13/h3-5,8H,1-2H3. The van der Waals surface area contributed by atoms with Crippen LogP contribution in [0, 0.1) is 12.7 Å². The number of carbonyl (C=O) groups excluding carboxylic acids is 1. The van der Waals surface area contributed by atoms with Gasteiger partial charge in [0.2, 0.25) is 6.08 Å². The first-order chi connectivity index (χ1) is 6.15. The van der Waals surface area contributed by atoms with Crippen molar-refractivity contribution in [1.29, 1.82) is 0 Å². The Morgan fingerprint density at radius 3 is 2.77 bits per heavy atom. The van der Waals surface area contributed by atoms with E-state index >= 15 is 0 Å². The maximum atomic E-state index is 13.0. The molecule has 0 aliphatic heterocycles. The van der Waals surface area contributed by atoms with Crippen molar-refractivity contribution >= 4 is 6.08 Å². The summed E-state index contributed by atoms with van der Waals surface area (Å²) in [6.45, 7) is 3.40. The van der Waals surface area contributed by atoms with Crippen molar-refractivity contribution in [2.75, 3.05) is 0 Å². The van der Waals surface area contributed by atoms with Gasteiger partial charge in [0.1, 0.15) is 5.82 Å². The number of isocyanates is 1. The molecule has 0 radical (unpaired) electrons. The second-order valence-corrected chi connectivity index (χ2v) is 2.90. The van der Waals surface area contributed by atoms with Crippen LogP contribution in [0.5, 0.6) is 0 Å². The highest BCUT2D eigenvalue weighted by Crippen LogP contribution is 2.18. The Hall–Kier alpha value is -1.47. The van der Waals surface area contributed by atoms with Crippen LogP contribution in [0.3, 0.4) is 0 Å². The van der Waals surface area contributed by atoms with Crippen LogP contribution in [0.2, 0.25) is 0 Å². The molecule has 1 aromatic rings. The fraction of sp³-hybridized carbons (Fsp3) is 0.300. The molecule has 0 saturated heterocycles. The molecule has 0 N–H and O–H groups in total. The lowest BCUT2D eigenvalue weighted by atomic mass is 10.1. The van der Waals surface area contributed by atoms with Crippen LogP contribution in [0.25, 0.3) is 0 Å². The first kappa shape index (κ1) is 9.62. The number of hydrogen-bond acceptors (Lipinski definition) is 2. The van der Waals surface area contributed by atoms with E-state index in [1.807, 2.05) is 0 Å². The molecular formula is C10H10FNO. The minimum Gasteiger partial charge on any atom is -0.211 e. The molecule has 1 unspecified atom stereocenters. The first-order valence-corrected chi connectivity index (χ1v) is 3.98. The van der Waals surface area contributed by atoms with Gasteiger partial charge in [-0.3, -0.25) is 0 Å². The highest BCUT2D eigenvalue weighted by Gasteiger charge is 2.05. The predicted octanol–water partition coefficient (Wildman–Crippen LogP) is 2.53. The summed E-state index contributed by atoms with van der Waals surface area (Å²) in [5.74, 6) is -0.273. The summed E-state index contributed by atoms with van der Waals surface area (Å²) >= 11 is 0. The molecule has 68 valence electrons. The molecule has 0 amide bonds. The van der Waals surface area contributed by atoms with Crippen LogP contribution in [-0.2, 0) is 4.79 Å². The Labute approximate surface area is 76.1 Å². The van der Waals surface area contributed by atoms with Gasteiger partial charge in [-0.25, -0.2) is 9.18 Å². The molecule has 2 nitrogen and oxygen atoms in total. The van der Waals surface area contributed by atoms with Gasteiger partial charge in [-0.05, 0) is 31.0 Å². The number of aryl methyl sites for hydroxylation is 1. The SMILES string of the molecule is Cc1ccc(C(C)N=C=O)cc1F. The number of aliphatic imine (C=N–C) groups is 1. The predicted molar refractivity (Wildman–Crippen MR) is 47.7 cm³/mol. The normalized spacial score (nSPS) is 11.9. The van der Waals surface area contributed by atoms with E-state index in [4.69, 9.17) is 0 Å². The van der Waals surface area contributed by atoms with E-state index in [9.17, 15) is 9.18 Å². The molecule has 0 aromatic heterocycles. The van der Waals surface area contributed by atoms with Gasteiger partial charge in [-0.2, -0.15) is 4.99 Å². The number of nitrogens with zero attached hydrogens (tertiary/aromatic N) is 1.